The van der Waals surface area contributed by atoms with Crippen molar-refractivity contribution in [3.8, 4) is 0 Å². The molecule has 5 heteroatoms. The Morgan fingerprint density at radius 3 is 2.67 bits per heavy atom. The van der Waals surface area contributed by atoms with Gasteiger partial charge in [-0.25, -0.2) is 0 Å². The fraction of sp³-hybridized carbons (Fsp3) is 0.455. The molecule has 2 bridgehead atoms. The highest BCUT2D eigenvalue weighted by Crippen LogP contribution is 2.42. The van der Waals surface area contributed by atoms with Crippen LogP contribution in [0.4, 0.5) is 0 Å². The van der Waals surface area contributed by atoms with Crippen LogP contribution in [0.25, 0.3) is 10.9 Å². The van der Waals surface area contributed by atoms with Gasteiger partial charge in [-0.3, -0.25) is 14.5 Å². The average Bonchev–Trinajstić information content (AvgIpc) is 2.94. The van der Waals surface area contributed by atoms with E-state index < -0.39 is 0 Å². The number of carbonyl (C=O) groups is 2. The lowest BCUT2D eigenvalue weighted by atomic mass is 9.70. The van der Waals surface area contributed by atoms with Crippen LogP contribution >= 0.6 is 0 Å². The van der Waals surface area contributed by atoms with E-state index in [2.05, 4.69) is 30.2 Å². The van der Waals surface area contributed by atoms with E-state index in [1.54, 1.807) is 0 Å². The molecule has 1 aliphatic heterocycles. The number of ether oxygens (including phenoxy) is 1. The molecule has 0 saturated carbocycles. The van der Waals surface area contributed by atoms with Gasteiger partial charge >= 0.3 is 5.97 Å². The van der Waals surface area contributed by atoms with Gasteiger partial charge in [0.25, 0.3) is 0 Å². The van der Waals surface area contributed by atoms with Gasteiger partial charge in [0.15, 0.2) is 5.78 Å². The molecule has 142 valence electrons. The second-order valence-electron chi connectivity index (χ2n) is 7.74. The molecule has 3 atom stereocenters. The van der Waals surface area contributed by atoms with Crippen molar-refractivity contribution < 1.29 is 14.3 Å². The van der Waals surface area contributed by atoms with Crippen molar-refractivity contribution in [3.05, 3.63) is 47.2 Å². The quantitative estimate of drug-likeness (QED) is 0.575. The maximum absolute atomic E-state index is 13.3. The van der Waals surface area contributed by atoms with Crippen LogP contribution in [0.1, 0.15) is 29.4 Å². The third-order valence-electron chi connectivity index (χ3n) is 6.46. The number of likely N-dealkylation sites (N-methyl/N-ethyl adjacent to an activating group) is 1. The standard InChI is InChI=1S/C22H26N2O3/c1-5-13-12-23(2)18-10-16-14-8-6-7-9-17(14)24(3)21(16)19(25)11-15(13)20(18)22(26)27-4/h5-9,15,18,20H,10-12H2,1-4H3/b13-5-. The highest BCUT2D eigenvalue weighted by Gasteiger charge is 2.47. The molecule has 1 fully saturated rings. The third-order valence-corrected chi connectivity index (χ3v) is 6.46. The molecular formula is C22H26N2O3. The molecule has 3 unspecified atom stereocenters. The topological polar surface area (TPSA) is 51.5 Å². The van der Waals surface area contributed by atoms with Gasteiger partial charge in [-0.15, -0.1) is 0 Å². The summed E-state index contributed by atoms with van der Waals surface area (Å²) in [6, 6.07) is 8.16. The lowest BCUT2D eigenvalue weighted by Gasteiger charge is -2.45. The van der Waals surface area contributed by atoms with Gasteiger partial charge < -0.3 is 9.30 Å². The lowest BCUT2D eigenvalue weighted by Crippen LogP contribution is -2.54. The fourth-order valence-corrected chi connectivity index (χ4v) is 5.14. The summed E-state index contributed by atoms with van der Waals surface area (Å²) >= 11 is 0. The number of hydrogen-bond donors (Lipinski definition) is 0. The van der Waals surface area contributed by atoms with Crippen LogP contribution in [0, 0.1) is 11.8 Å². The maximum Gasteiger partial charge on any atom is 0.310 e. The summed E-state index contributed by atoms with van der Waals surface area (Å²) in [4.78, 5) is 28.3. The predicted octanol–water partition coefficient (Wildman–Crippen LogP) is 2.97. The minimum atomic E-state index is -0.323. The molecule has 1 saturated heterocycles. The molecule has 0 radical (unpaired) electrons. The summed E-state index contributed by atoms with van der Waals surface area (Å²) in [5.41, 5.74) is 4.07. The fourth-order valence-electron chi connectivity index (χ4n) is 5.14. The van der Waals surface area contributed by atoms with E-state index in [9.17, 15) is 9.59 Å². The average molecular weight is 366 g/mol. The normalized spacial score (nSPS) is 27.3. The lowest BCUT2D eigenvalue weighted by molar-refractivity contribution is -0.150. The van der Waals surface area contributed by atoms with Gasteiger partial charge in [-0.2, -0.15) is 0 Å². The minimum Gasteiger partial charge on any atom is -0.469 e. The number of methoxy groups -OCH3 is 1. The number of carbonyl (C=O) groups excluding carboxylic acids is 2. The van der Waals surface area contributed by atoms with Crippen LogP contribution in [0.15, 0.2) is 35.9 Å². The molecule has 2 aliphatic rings. The van der Waals surface area contributed by atoms with E-state index in [1.807, 2.05) is 30.7 Å². The first-order chi connectivity index (χ1) is 13.0. The minimum absolute atomic E-state index is 0.0174. The number of nitrogens with zero attached hydrogens (tertiary/aromatic N) is 2. The zero-order valence-corrected chi connectivity index (χ0v) is 16.4. The summed E-state index contributed by atoms with van der Waals surface area (Å²) in [5, 5.41) is 1.11. The first kappa shape index (κ1) is 18.0. The number of aryl methyl sites for hydroxylation is 1. The molecule has 5 nitrogen and oxygen atoms in total. The number of likely N-dealkylation sites (tertiary alicyclic amines) is 1. The van der Waals surface area contributed by atoms with Crippen LogP contribution < -0.4 is 0 Å². The molecule has 2 aromatic rings. The van der Waals surface area contributed by atoms with E-state index in [4.69, 9.17) is 4.74 Å². The number of esters is 1. The third kappa shape index (κ3) is 2.64. The molecule has 1 aromatic carbocycles. The van der Waals surface area contributed by atoms with Crippen LogP contribution in [0.5, 0.6) is 0 Å². The number of fused-ring (bicyclic) bond motifs is 5. The van der Waals surface area contributed by atoms with Crippen molar-refractivity contribution in [3.63, 3.8) is 0 Å². The molecule has 1 aliphatic carbocycles. The first-order valence-corrected chi connectivity index (χ1v) is 9.50. The van der Waals surface area contributed by atoms with Gasteiger partial charge in [0.1, 0.15) is 0 Å². The summed E-state index contributed by atoms with van der Waals surface area (Å²) in [6.07, 6.45) is 3.08. The summed E-state index contributed by atoms with van der Waals surface area (Å²) in [7, 11) is 5.47. The molecular weight excluding hydrogens is 340 g/mol. The van der Waals surface area contributed by atoms with Crippen LogP contribution in [0.3, 0.4) is 0 Å². The second-order valence-corrected chi connectivity index (χ2v) is 7.74. The largest absolute Gasteiger partial charge is 0.469 e. The Labute approximate surface area is 159 Å². The van der Waals surface area contributed by atoms with Crippen molar-refractivity contribution >= 4 is 22.7 Å². The summed E-state index contributed by atoms with van der Waals surface area (Å²) < 4.78 is 7.19. The Balaban J connectivity index is 1.95. The number of ketones is 1. The maximum atomic E-state index is 13.3. The van der Waals surface area contributed by atoms with Gasteiger partial charge in [0.2, 0.25) is 0 Å². The monoisotopic (exact) mass is 366 g/mol. The van der Waals surface area contributed by atoms with Gasteiger partial charge in [-0.1, -0.05) is 29.8 Å². The molecule has 0 spiro atoms. The number of benzene rings is 1. The van der Waals surface area contributed by atoms with E-state index >= 15 is 0 Å². The van der Waals surface area contributed by atoms with Crippen molar-refractivity contribution in [1.29, 1.82) is 0 Å². The van der Waals surface area contributed by atoms with E-state index in [0.717, 1.165) is 34.3 Å². The number of allylic oxidation sites excluding steroid dienone is 1. The highest BCUT2D eigenvalue weighted by atomic mass is 16.5. The highest BCUT2D eigenvalue weighted by molar-refractivity contribution is 6.03. The van der Waals surface area contributed by atoms with Crippen molar-refractivity contribution in [2.24, 2.45) is 18.9 Å². The summed E-state index contributed by atoms with van der Waals surface area (Å²) in [5.74, 6) is -0.518. The van der Waals surface area contributed by atoms with Gasteiger partial charge in [0, 0.05) is 42.9 Å². The van der Waals surface area contributed by atoms with Gasteiger partial charge in [-0.05, 0) is 32.0 Å². The Morgan fingerprint density at radius 2 is 1.96 bits per heavy atom. The van der Waals surface area contributed by atoms with Crippen LogP contribution in [0.2, 0.25) is 0 Å². The van der Waals surface area contributed by atoms with Gasteiger partial charge in [0.05, 0.1) is 18.7 Å². The molecule has 0 N–H and O–H groups in total. The number of aromatic nitrogens is 1. The zero-order chi connectivity index (χ0) is 19.3. The number of piperidine rings is 1. The smallest absolute Gasteiger partial charge is 0.310 e. The number of rotatable bonds is 1. The zero-order valence-electron chi connectivity index (χ0n) is 16.4. The Morgan fingerprint density at radius 1 is 1.22 bits per heavy atom. The number of para-hydroxylation sites is 1. The molecule has 4 rings (SSSR count). The molecule has 1 aromatic heterocycles. The second kappa shape index (κ2) is 6.64. The van der Waals surface area contributed by atoms with Crippen LogP contribution in [-0.4, -0.2) is 48.0 Å². The Hall–Kier alpha value is -2.40. The summed E-state index contributed by atoms with van der Waals surface area (Å²) in [6.45, 7) is 2.77. The van der Waals surface area contributed by atoms with E-state index in [0.29, 0.717) is 12.8 Å². The van der Waals surface area contributed by atoms with E-state index in [-0.39, 0.29) is 29.6 Å². The SMILES string of the molecule is C/C=C1/CN(C)C2Cc3c(n(C)c4ccccc34)C(=O)CC1C2C(=O)OC. The van der Waals surface area contributed by atoms with Crippen molar-refractivity contribution in [2.45, 2.75) is 25.8 Å². The molecule has 2 heterocycles. The Bertz CT molecular complexity index is 956. The molecule has 0 amide bonds. The first-order valence-electron chi connectivity index (χ1n) is 9.50. The van der Waals surface area contributed by atoms with E-state index in [1.165, 1.54) is 7.11 Å². The molecule has 27 heavy (non-hydrogen) atoms. The van der Waals surface area contributed by atoms with Crippen LogP contribution in [-0.2, 0) is 23.0 Å². The van der Waals surface area contributed by atoms with Crippen molar-refractivity contribution in [2.75, 3.05) is 20.7 Å². The predicted molar refractivity (Wildman–Crippen MR) is 105 cm³/mol. The Kier molecular flexibility index (Phi) is 4.42. The number of hydrogen-bond acceptors (Lipinski definition) is 4. The van der Waals surface area contributed by atoms with Crippen molar-refractivity contribution in [1.82, 2.24) is 9.47 Å². The number of Topliss-reactive ketones (excluding diaryl/α,β-unsaturated/α-hetero) is 1.